The number of carboxylic acids is 1. The molecule has 2 N–H and O–H groups in total. The average Bonchev–Trinajstić information content (AvgIpc) is 2.53. The average molecular weight is 299 g/mol. The van der Waals surface area contributed by atoms with Gasteiger partial charge in [0.05, 0.1) is 5.56 Å². The van der Waals surface area contributed by atoms with E-state index in [1.807, 2.05) is 30.3 Å². The Bertz CT molecular complexity index is 655. The number of aromatic carboxylic acids is 1. The third-order valence-electron chi connectivity index (χ3n) is 3.07. The SMILES string of the molecule is C[C@@H](Oc1cccc(C(=O)O)c1)C(=O)NCc1ccccc1. The van der Waals surface area contributed by atoms with Gasteiger partial charge in [-0.3, -0.25) is 4.79 Å². The minimum atomic E-state index is -1.04. The number of rotatable bonds is 6. The third-order valence-corrected chi connectivity index (χ3v) is 3.07. The Labute approximate surface area is 128 Å². The van der Waals surface area contributed by atoms with Crippen LogP contribution in [0.25, 0.3) is 0 Å². The molecule has 0 spiro atoms. The van der Waals surface area contributed by atoms with Crippen molar-refractivity contribution < 1.29 is 19.4 Å². The monoisotopic (exact) mass is 299 g/mol. The van der Waals surface area contributed by atoms with Crippen molar-refractivity contribution >= 4 is 11.9 Å². The lowest BCUT2D eigenvalue weighted by Gasteiger charge is -2.15. The van der Waals surface area contributed by atoms with Gasteiger partial charge in [0.2, 0.25) is 0 Å². The van der Waals surface area contributed by atoms with Crippen molar-refractivity contribution in [3.8, 4) is 5.75 Å². The van der Waals surface area contributed by atoms with Crippen molar-refractivity contribution in [3.63, 3.8) is 0 Å². The molecule has 0 radical (unpaired) electrons. The number of carbonyl (C=O) groups is 2. The quantitative estimate of drug-likeness (QED) is 0.859. The van der Waals surface area contributed by atoms with E-state index >= 15 is 0 Å². The highest BCUT2D eigenvalue weighted by molar-refractivity contribution is 5.88. The van der Waals surface area contributed by atoms with Crippen LogP contribution in [0.4, 0.5) is 0 Å². The van der Waals surface area contributed by atoms with Gasteiger partial charge >= 0.3 is 5.97 Å². The van der Waals surface area contributed by atoms with Gasteiger partial charge in [-0.25, -0.2) is 4.79 Å². The number of carbonyl (C=O) groups excluding carboxylic acids is 1. The van der Waals surface area contributed by atoms with Gasteiger partial charge in [-0.2, -0.15) is 0 Å². The van der Waals surface area contributed by atoms with Crippen molar-refractivity contribution in [2.75, 3.05) is 0 Å². The summed E-state index contributed by atoms with van der Waals surface area (Å²) in [5.41, 5.74) is 1.12. The van der Waals surface area contributed by atoms with Crippen LogP contribution in [0.1, 0.15) is 22.8 Å². The molecule has 22 heavy (non-hydrogen) atoms. The van der Waals surface area contributed by atoms with Crippen LogP contribution in [0.5, 0.6) is 5.75 Å². The van der Waals surface area contributed by atoms with E-state index in [0.29, 0.717) is 12.3 Å². The number of amides is 1. The van der Waals surface area contributed by atoms with E-state index in [-0.39, 0.29) is 11.5 Å². The highest BCUT2D eigenvalue weighted by atomic mass is 16.5. The van der Waals surface area contributed by atoms with Crippen LogP contribution in [-0.4, -0.2) is 23.1 Å². The van der Waals surface area contributed by atoms with Crippen molar-refractivity contribution in [1.82, 2.24) is 5.32 Å². The summed E-state index contributed by atoms with van der Waals surface area (Å²) in [6, 6.07) is 15.6. The van der Waals surface area contributed by atoms with Crippen molar-refractivity contribution in [1.29, 1.82) is 0 Å². The Hall–Kier alpha value is -2.82. The Balaban J connectivity index is 1.91. The highest BCUT2D eigenvalue weighted by Crippen LogP contribution is 2.15. The minimum Gasteiger partial charge on any atom is -0.481 e. The molecule has 0 aliphatic heterocycles. The van der Waals surface area contributed by atoms with E-state index < -0.39 is 12.1 Å². The molecule has 2 aromatic carbocycles. The molecule has 2 aromatic rings. The Morgan fingerprint density at radius 3 is 2.55 bits per heavy atom. The summed E-state index contributed by atoms with van der Waals surface area (Å²) < 4.78 is 5.48. The van der Waals surface area contributed by atoms with Crippen molar-refractivity contribution in [2.45, 2.75) is 19.6 Å². The second kappa shape index (κ2) is 7.26. The van der Waals surface area contributed by atoms with E-state index in [9.17, 15) is 9.59 Å². The summed E-state index contributed by atoms with van der Waals surface area (Å²) in [6.07, 6.45) is -0.715. The van der Waals surface area contributed by atoms with Crippen molar-refractivity contribution in [3.05, 3.63) is 65.7 Å². The van der Waals surface area contributed by atoms with E-state index in [1.54, 1.807) is 19.1 Å². The second-order valence-electron chi connectivity index (χ2n) is 4.80. The number of hydrogen-bond acceptors (Lipinski definition) is 3. The molecule has 0 aromatic heterocycles. The molecular weight excluding hydrogens is 282 g/mol. The number of hydrogen-bond donors (Lipinski definition) is 2. The number of carboxylic acid groups (broad SMARTS) is 1. The molecule has 5 heteroatoms. The first kappa shape index (κ1) is 15.6. The lowest BCUT2D eigenvalue weighted by molar-refractivity contribution is -0.127. The van der Waals surface area contributed by atoms with E-state index in [4.69, 9.17) is 9.84 Å². The third kappa shape index (κ3) is 4.34. The normalized spacial score (nSPS) is 11.5. The van der Waals surface area contributed by atoms with E-state index in [1.165, 1.54) is 12.1 Å². The van der Waals surface area contributed by atoms with E-state index in [2.05, 4.69) is 5.32 Å². The first-order chi connectivity index (χ1) is 10.6. The molecule has 114 valence electrons. The fourth-order valence-electron chi connectivity index (χ4n) is 1.89. The Kier molecular flexibility index (Phi) is 5.14. The van der Waals surface area contributed by atoms with Crippen LogP contribution in [0.15, 0.2) is 54.6 Å². The minimum absolute atomic E-state index is 0.120. The second-order valence-corrected chi connectivity index (χ2v) is 4.80. The first-order valence-corrected chi connectivity index (χ1v) is 6.88. The van der Waals surface area contributed by atoms with Gasteiger partial charge in [-0.05, 0) is 30.7 Å². The van der Waals surface area contributed by atoms with Gasteiger partial charge in [0, 0.05) is 6.54 Å². The number of nitrogens with one attached hydrogen (secondary N) is 1. The van der Waals surface area contributed by atoms with Gasteiger partial charge in [0.15, 0.2) is 6.10 Å². The van der Waals surface area contributed by atoms with Crippen LogP contribution in [0.3, 0.4) is 0 Å². The highest BCUT2D eigenvalue weighted by Gasteiger charge is 2.15. The molecule has 0 fully saturated rings. The van der Waals surface area contributed by atoms with Gasteiger partial charge in [0.25, 0.3) is 5.91 Å². The summed E-state index contributed by atoms with van der Waals surface area (Å²) >= 11 is 0. The molecule has 0 saturated heterocycles. The number of benzene rings is 2. The zero-order valence-corrected chi connectivity index (χ0v) is 12.2. The maximum absolute atomic E-state index is 12.0. The fraction of sp³-hybridized carbons (Fsp3) is 0.176. The van der Waals surface area contributed by atoms with Gasteiger partial charge in [-0.15, -0.1) is 0 Å². The maximum Gasteiger partial charge on any atom is 0.335 e. The Morgan fingerprint density at radius 2 is 1.86 bits per heavy atom. The zero-order valence-electron chi connectivity index (χ0n) is 12.2. The lowest BCUT2D eigenvalue weighted by Crippen LogP contribution is -2.35. The molecule has 1 amide bonds. The first-order valence-electron chi connectivity index (χ1n) is 6.88. The summed E-state index contributed by atoms with van der Waals surface area (Å²) in [5, 5.41) is 11.7. The molecule has 2 rings (SSSR count). The summed E-state index contributed by atoms with van der Waals surface area (Å²) in [7, 11) is 0. The molecule has 0 bridgehead atoms. The lowest BCUT2D eigenvalue weighted by atomic mass is 10.2. The predicted molar refractivity (Wildman–Crippen MR) is 81.8 cm³/mol. The topological polar surface area (TPSA) is 75.6 Å². The van der Waals surface area contributed by atoms with Crippen LogP contribution < -0.4 is 10.1 Å². The molecule has 1 atom stereocenters. The predicted octanol–water partition coefficient (Wildman–Crippen LogP) is 2.47. The molecule has 0 saturated carbocycles. The van der Waals surface area contributed by atoms with Crippen LogP contribution >= 0.6 is 0 Å². The van der Waals surface area contributed by atoms with E-state index in [0.717, 1.165) is 5.56 Å². The van der Waals surface area contributed by atoms with Gasteiger partial charge in [0.1, 0.15) is 5.75 Å². The molecule has 0 heterocycles. The number of ether oxygens (including phenoxy) is 1. The maximum atomic E-state index is 12.0. The smallest absolute Gasteiger partial charge is 0.335 e. The standard InChI is InChI=1S/C17H17NO4/c1-12(16(19)18-11-13-6-3-2-4-7-13)22-15-9-5-8-14(10-15)17(20)21/h2-10,12H,11H2,1H3,(H,18,19)(H,20,21)/t12-/m1/s1. The molecular formula is C17H17NO4. The molecule has 5 nitrogen and oxygen atoms in total. The zero-order chi connectivity index (χ0) is 15.9. The van der Waals surface area contributed by atoms with Gasteiger partial charge in [-0.1, -0.05) is 36.4 Å². The van der Waals surface area contributed by atoms with Crippen LogP contribution in [-0.2, 0) is 11.3 Å². The largest absolute Gasteiger partial charge is 0.481 e. The molecule has 0 aliphatic carbocycles. The Morgan fingerprint density at radius 1 is 1.14 bits per heavy atom. The summed E-state index contributed by atoms with van der Waals surface area (Å²) in [4.78, 5) is 22.9. The summed E-state index contributed by atoms with van der Waals surface area (Å²) in [5.74, 6) is -0.946. The van der Waals surface area contributed by atoms with Gasteiger partial charge < -0.3 is 15.2 Å². The molecule has 0 aliphatic rings. The van der Waals surface area contributed by atoms with Crippen molar-refractivity contribution in [2.24, 2.45) is 0 Å². The summed E-state index contributed by atoms with van der Waals surface area (Å²) in [6.45, 7) is 2.04. The van der Waals surface area contributed by atoms with Crippen LogP contribution in [0, 0.1) is 0 Å². The fourth-order valence-corrected chi connectivity index (χ4v) is 1.89. The van der Waals surface area contributed by atoms with Crippen LogP contribution in [0.2, 0.25) is 0 Å². The molecule has 0 unspecified atom stereocenters.